The maximum Gasteiger partial charge on any atom is 0.342 e. The third-order valence-electron chi connectivity index (χ3n) is 2.51. The van der Waals surface area contributed by atoms with Crippen molar-refractivity contribution < 1.29 is 9.53 Å². The van der Waals surface area contributed by atoms with Gasteiger partial charge < -0.3 is 9.72 Å². The molecule has 0 amide bonds. The largest absolute Gasteiger partial charge is 0.465 e. The monoisotopic (exact) mass is 254 g/mol. The molecule has 0 radical (unpaired) electrons. The lowest BCUT2D eigenvalue weighted by atomic mass is 10.1. The number of esters is 1. The van der Waals surface area contributed by atoms with Gasteiger partial charge in [-0.3, -0.25) is 0 Å². The van der Waals surface area contributed by atoms with Gasteiger partial charge in [-0.25, -0.2) is 9.78 Å². The number of ether oxygens (including phenoxy) is 1. The van der Waals surface area contributed by atoms with Crippen molar-refractivity contribution in [2.45, 2.75) is 33.6 Å². The second kappa shape index (κ2) is 5.91. The average molecular weight is 254 g/mol. The first kappa shape index (κ1) is 13.8. The van der Waals surface area contributed by atoms with Crippen molar-refractivity contribution in [3.8, 4) is 0 Å². The van der Waals surface area contributed by atoms with Gasteiger partial charge in [-0.2, -0.15) is 0 Å². The number of methoxy groups -OCH3 is 1. The fourth-order valence-corrected chi connectivity index (χ4v) is 1.88. The van der Waals surface area contributed by atoms with Gasteiger partial charge in [0.1, 0.15) is 16.0 Å². The van der Waals surface area contributed by atoms with E-state index in [0.717, 1.165) is 24.4 Å². The smallest absolute Gasteiger partial charge is 0.342 e. The molecule has 94 valence electrons. The Hall–Kier alpha value is -1.23. The van der Waals surface area contributed by atoms with E-state index in [9.17, 15) is 4.79 Å². The molecule has 0 aliphatic rings. The fraction of sp³-hybridized carbons (Fsp3) is 0.583. The van der Waals surface area contributed by atoms with Crippen molar-refractivity contribution in [3.05, 3.63) is 21.7 Å². The van der Waals surface area contributed by atoms with E-state index in [2.05, 4.69) is 28.6 Å². The summed E-state index contributed by atoms with van der Waals surface area (Å²) in [6, 6.07) is 0. The molecule has 0 bridgehead atoms. The normalized spacial score (nSPS) is 10.6. The number of aryl methyl sites for hydroxylation is 2. The minimum absolute atomic E-state index is 0.312. The van der Waals surface area contributed by atoms with Crippen molar-refractivity contribution in [2.75, 3.05) is 7.11 Å². The molecule has 1 aromatic rings. The van der Waals surface area contributed by atoms with E-state index in [1.54, 1.807) is 0 Å². The lowest BCUT2D eigenvalue weighted by Crippen LogP contribution is -2.10. The van der Waals surface area contributed by atoms with E-state index in [4.69, 9.17) is 12.2 Å². The van der Waals surface area contributed by atoms with Crippen LogP contribution < -0.4 is 0 Å². The zero-order valence-corrected chi connectivity index (χ0v) is 11.5. The van der Waals surface area contributed by atoms with Crippen LogP contribution >= 0.6 is 12.2 Å². The average Bonchev–Trinajstić information content (AvgIpc) is 2.25. The number of nitrogens with zero attached hydrogens (tertiary/aromatic N) is 1. The fourth-order valence-electron chi connectivity index (χ4n) is 1.53. The van der Waals surface area contributed by atoms with Crippen LogP contribution in [0.15, 0.2) is 0 Å². The first-order valence-electron chi connectivity index (χ1n) is 5.63. The van der Waals surface area contributed by atoms with Gasteiger partial charge in [0.15, 0.2) is 0 Å². The molecule has 0 unspecified atom stereocenters. The highest BCUT2D eigenvalue weighted by atomic mass is 32.1. The molecule has 17 heavy (non-hydrogen) atoms. The van der Waals surface area contributed by atoms with E-state index in [0.29, 0.717) is 16.1 Å². The van der Waals surface area contributed by atoms with Crippen molar-refractivity contribution >= 4 is 18.2 Å². The van der Waals surface area contributed by atoms with Crippen LogP contribution in [0.3, 0.4) is 0 Å². The molecule has 0 aliphatic carbocycles. The number of hydrogen-bond donors (Lipinski definition) is 1. The quantitative estimate of drug-likeness (QED) is 0.663. The summed E-state index contributed by atoms with van der Waals surface area (Å²) in [6.45, 7) is 6.12. The SMILES string of the molecule is COC(=O)c1c(C)[nH]c(CCC(C)C)nc1=S. The molecule has 0 saturated carbocycles. The van der Waals surface area contributed by atoms with Crippen LogP contribution in [-0.2, 0) is 11.2 Å². The molecule has 0 aromatic carbocycles. The number of carbonyl (C=O) groups excluding carboxylic acids is 1. The minimum atomic E-state index is -0.438. The molecule has 1 aromatic heterocycles. The Balaban J connectivity index is 3.02. The van der Waals surface area contributed by atoms with Crippen molar-refractivity contribution in [2.24, 2.45) is 5.92 Å². The molecular formula is C12H18N2O2S. The summed E-state index contributed by atoms with van der Waals surface area (Å²) in [5.41, 5.74) is 1.08. The molecular weight excluding hydrogens is 236 g/mol. The maximum atomic E-state index is 11.5. The zero-order chi connectivity index (χ0) is 13.0. The van der Waals surface area contributed by atoms with E-state index in [1.165, 1.54) is 7.11 Å². The molecule has 0 aliphatic heterocycles. The molecule has 0 spiro atoms. The lowest BCUT2D eigenvalue weighted by Gasteiger charge is -2.08. The van der Waals surface area contributed by atoms with Gasteiger partial charge in [0.2, 0.25) is 0 Å². The van der Waals surface area contributed by atoms with Gasteiger partial charge in [0.25, 0.3) is 0 Å². The number of aromatic nitrogens is 2. The topological polar surface area (TPSA) is 55.0 Å². The van der Waals surface area contributed by atoms with Crippen LogP contribution in [0.2, 0.25) is 0 Å². The number of hydrogen-bond acceptors (Lipinski definition) is 4. The molecule has 0 fully saturated rings. The van der Waals surface area contributed by atoms with Gasteiger partial charge in [-0.1, -0.05) is 26.1 Å². The number of H-pyrrole nitrogens is 1. The molecule has 4 nitrogen and oxygen atoms in total. The highest BCUT2D eigenvalue weighted by molar-refractivity contribution is 7.71. The van der Waals surface area contributed by atoms with Crippen molar-refractivity contribution in [1.29, 1.82) is 0 Å². The minimum Gasteiger partial charge on any atom is -0.465 e. The number of carbonyl (C=O) groups is 1. The summed E-state index contributed by atoms with van der Waals surface area (Å²) < 4.78 is 4.98. The molecule has 1 N–H and O–H groups in total. The molecule has 1 rings (SSSR count). The Morgan fingerprint density at radius 2 is 2.18 bits per heavy atom. The van der Waals surface area contributed by atoms with E-state index in [1.807, 2.05) is 6.92 Å². The number of aromatic amines is 1. The number of nitrogens with one attached hydrogen (secondary N) is 1. The van der Waals surface area contributed by atoms with Gasteiger partial charge in [-0.15, -0.1) is 0 Å². The van der Waals surface area contributed by atoms with E-state index in [-0.39, 0.29) is 0 Å². The summed E-state index contributed by atoms with van der Waals surface area (Å²) in [6.07, 6.45) is 1.87. The number of rotatable bonds is 4. The first-order chi connectivity index (χ1) is 7.95. The third kappa shape index (κ3) is 3.63. The summed E-state index contributed by atoms with van der Waals surface area (Å²) >= 11 is 5.12. The Kier molecular flexibility index (Phi) is 4.81. The van der Waals surface area contributed by atoms with Gasteiger partial charge >= 0.3 is 5.97 Å². The van der Waals surface area contributed by atoms with Crippen LogP contribution in [0, 0.1) is 17.5 Å². The maximum absolute atomic E-state index is 11.5. The Morgan fingerprint density at radius 3 is 2.65 bits per heavy atom. The zero-order valence-electron chi connectivity index (χ0n) is 10.7. The van der Waals surface area contributed by atoms with Crippen LogP contribution in [0.4, 0.5) is 0 Å². The second-order valence-electron chi connectivity index (χ2n) is 4.41. The first-order valence-corrected chi connectivity index (χ1v) is 6.04. The van der Waals surface area contributed by atoms with Crippen molar-refractivity contribution in [3.63, 3.8) is 0 Å². The van der Waals surface area contributed by atoms with Gasteiger partial charge in [-0.05, 0) is 19.3 Å². The van der Waals surface area contributed by atoms with Crippen LogP contribution in [-0.4, -0.2) is 23.0 Å². The van der Waals surface area contributed by atoms with Crippen LogP contribution in [0.25, 0.3) is 0 Å². The molecule has 5 heteroatoms. The second-order valence-corrected chi connectivity index (χ2v) is 4.80. The van der Waals surface area contributed by atoms with Crippen molar-refractivity contribution in [1.82, 2.24) is 9.97 Å². The summed E-state index contributed by atoms with van der Waals surface area (Å²) in [7, 11) is 1.34. The predicted molar refractivity (Wildman–Crippen MR) is 68.7 cm³/mol. The lowest BCUT2D eigenvalue weighted by molar-refractivity contribution is 0.0598. The molecule has 0 saturated heterocycles. The van der Waals surface area contributed by atoms with E-state index >= 15 is 0 Å². The Labute approximate surface area is 106 Å². The predicted octanol–water partition coefficient (Wildman–Crippen LogP) is 2.82. The van der Waals surface area contributed by atoms with Gasteiger partial charge in [0, 0.05) is 12.1 Å². The highest BCUT2D eigenvalue weighted by Crippen LogP contribution is 2.11. The van der Waals surface area contributed by atoms with E-state index < -0.39 is 5.97 Å². The third-order valence-corrected chi connectivity index (χ3v) is 2.80. The molecule has 1 heterocycles. The summed E-state index contributed by atoms with van der Waals surface area (Å²) in [5, 5.41) is 0. The summed E-state index contributed by atoms with van der Waals surface area (Å²) in [5.74, 6) is 1.000. The van der Waals surface area contributed by atoms with Crippen LogP contribution in [0.1, 0.15) is 42.1 Å². The Bertz CT molecular complexity index is 466. The Morgan fingerprint density at radius 1 is 1.53 bits per heavy atom. The standard InChI is InChI=1S/C12H18N2O2S/c1-7(2)5-6-9-13-8(3)10(11(17)14-9)12(15)16-4/h7H,5-6H2,1-4H3,(H,13,14,17). The van der Waals surface area contributed by atoms with Gasteiger partial charge in [0.05, 0.1) is 7.11 Å². The van der Waals surface area contributed by atoms with Crippen LogP contribution in [0.5, 0.6) is 0 Å². The highest BCUT2D eigenvalue weighted by Gasteiger charge is 2.14. The summed E-state index contributed by atoms with van der Waals surface area (Å²) in [4.78, 5) is 18.8. The molecule has 0 atom stereocenters.